The van der Waals surface area contributed by atoms with Gasteiger partial charge in [0, 0.05) is 36.7 Å². The number of hydrogen-bond donors (Lipinski definition) is 3. The molecule has 4 heterocycles. The van der Waals surface area contributed by atoms with Gasteiger partial charge in [0.25, 0.3) is 5.91 Å². The fourth-order valence-electron chi connectivity index (χ4n) is 4.93. The maximum atomic E-state index is 13.7. The van der Waals surface area contributed by atoms with E-state index in [0.717, 1.165) is 29.4 Å². The van der Waals surface area contributed by atoms with Crippen LogP contribution in [0.15, 0.2) is 73.2 Å². The van der Waals surface area contributed by atoms with E-state index in [1.807, 2.05) is 53.6 Å². The van der Waals surface area contributed by atoms with Crippen LogP contribution in [0.3, 0.4) is 0 Å². The second-order valence-electron chi connectivity index (χ2n) is 9.00. The number of hydrogen-bond acceptors (Lipinski definition) is 5. The van der Waals surface area contributed by atoms with E-state index in [2.05, 4.69) is 32.5 Å². The van der Waals surface area contributed by atoms with Crippen molar-refractivity contribution in [2.24, 2.45) is 0 Å². The molecule has 9 heteroatoms. The number of piperidine rings is 1. The molecule has 1 aliphatic rings. The fourth-order valence-corrected chi connectivity index (χ4v) is 4.93. The molecule has 0 aliphatic carbocycles. The Hall–Kier alpha value is -4.66. The summed E-state index contributed by atoms with van der Waals surface area (Å²) in [5.74, 6) is -0.483. The Labute approximate surface area is 206 Å². The zero-order valence-electron chi connectivity index (χ0n) is 19.4. The van der Waals surface area contributed by atoms with Crippen molar-refractivity contribution in [2.45, 2.75) is 18.8 Å². The first-order valence-electron chi connectivity index (χ1n) is 11.9. The summed E-state index contributed by atoms with van der Waals surface area (Å²) in [5.41, 5.74) is 3.46. The van der Waals surface area contributed by atoms with Gasteiger partial charge >= 0.3 is 5.97 Å². The van der Waals surface area contributed by atoms with Crippen LogP contribution in [0.5, 0.6) is 0 Å². The van der Waals surface area contributed by atoms with E-state index in [-0.39, 0.29) is 17.1 Å². The van der Waals surface area contributed by atoms with Crippen molar-refractivity contribution in [3.8, 4) is 0 Å². The molecule has 0 radical (unpaired) electrons. The van der Waals surface area contributed by atoms with Crippen molar-refractivity contribution in [3.63, 3.8) is 0 Å². The Balaban J connectivity index is 1.34. The van der Waals surface area contributed by atoms with E-state index in [1.165, 1.54) is 22.5 Å². The first-order chi connectivity index (χ1) is 17.6. The van der Waals surface area contributed by atoms with E-state index in [0.29, 0.717) is 30.4 Å². The van der Waals surface area contributed by atoms with Gasteiger partial charge in [0.15, 0.2) is 5.65 Å². The lowest BCUT2D eigenvalue weighted by Gasteiger charge is -2.32. The first kappa shape index (κ1) is 21.8. The summed E-state index contributed by atoms with van der Waals surface area (Å²) in [6, 6.07) is 18.2. The van der Waals surface area contributed by atoms with Gasteiger partial charge in [0.05, 0.1) is 6.20 Å². The van der Waals surface area contributed by atoms with E-state index >= 15 is 0 Å². The van der Waals surface area contributed by atoms with Crippen molar-refractivity contribution >= 4 is 39.9 Å². The number of fused-ring (bicyclic) bond motifs is 2. The first-order valence-corrected chi connectivity index (χ1v) is 11.9. The number of anilines is 2. The molecule has 2 aromatic carbocycles. The van der Waals surface area contributed by atoms with Crippen molar-refractivity contribution in [1.82, 2.24) is 24.5 Å². The number of nitrogens with zero attached hydrogens (tertiary/aromatic N) is 4. The number of carbonyl (C=O) groups is 2. The van der Waals surface area contributed by atoms with Gasteiger partial charge in [-0.2, -0.15) is 9.61 Å². The highest BCUT2D eigenvalue weighted by Crippen LogP contribution is 2.31. The van der Waals surface area contributed by atoms with Crippen LogP contribution in [0.1, 0.15) is 45.0 Å². The third kappa shape index (κ3) is 3.84. The molecule has 1 amide bonds. The van der Waals surface area contributed by atoms with Gasteiger partial charge in [-0.1, -0.05) is 36.4 Å². The summed E-state index contributed by atoms with van der Waals surface area (Å²) in [7, 11) is 0. The Kier molecular flexibility index (Phi) is 5.37. The minimum Gasteiger partial charge on any atom is -0.477 e. The average molecular weight is 481 g/mol. The molecule has 0 atom stereocenters. The number of aromatic amines is 1. The van der Waals surface area contributed by atoms with Crippen LogP contribution < -0.4 is 5.32 Å². The van der Waals surface area contributed by atoms with Gasteiger partial charge in [-0.05, 0) is 47.9 Å². The number of aromatic carboxylic acids is 1. The number of benzene rings is 2. The quantitative estimate of drug-likeness (QED) is 0.337. The SMILES string of the molecule is O=C(O)c1cnn2c(Nc3ccc4cc[nH]c4c3)c(C(=O)N3CCC(c4ccccc4)CC3)cnc12. The molecule has 0 bridgehead atoms. The molecule has 36 heavy (non-hydrogen) atoms. The number of aromatic nitrogens is 4. The highest BCUT2D eigenvalue weighted by Gasteiger charge is 2.28. The van der Waals surface area contributed by atoms with Crippen LogP contribution in [0.2, 0.25) is 0 Å². The number of H-pyrrole nitrogens is 1. The lowest BCUT2D eigenvalue weighted by Crippen LogP contribution is -2.38. The fraction of sp³-hybridized carbons (Fsp3) is 0.185. The second kappa shape index (κ2) is 8.84. The summed E-state index contributed by atoms with van der Waals surface area (Å²) in [6.07, 6.45) is 6.32. The minimum absolute atomic E-state index is 0.0273. The van der Waals surface area contributed by atoms with Crippen LogP contribution in [0, 0.1) is 0 Å². The van der Waals surface area contributed by atoms with Gasteiger partial charge in [0.1, 0.15) is 16.9 Å². The smallest absolute Gasteiger partial charge is 0.341 e. The molecular formula is C27H24N6O3. The Morgan fingerprint density at radius 2 is 1.81 bits per heavy atom. The number of likely N-dealkylation sites (tertiary alicyclic amines) is 1. The van der Waals surface area contributed by atoms with E-state index in [4.69, 9.17) is 0 Å². The van der Waals surface area contributed by atoms with Crippen molar-refractivity contribution in [2.75, 3.05) is 18.4 Å². The van der Waals surface area contributed by atoms with Gasteiger partial charge < -0.3 is 20.3 Å². The molecule has 1 fully saturated rings. The molecule has 1 saturated heterocycles. The highest BCUT2D eigenvalue weighted by atomic mass is 16.4. The van der Waals surface area contributed by atoms with Gasteiger partial charge in [-0.15, -0.1) is 0 Å². The van der Waals surface area contributed by atoms with Crippen molar-refractivity contribution in [1.29, 1.82) is 0 Å². The average Bonchev–Trinajstić information content (AvgIpc) is 3.56. The van der Waals surface area contributed by atoms with Crippen molar-refractivity contribution < 1.29 is 14.7 Å². The van der Waals surface area contributed by atoms with E-state index in [9.17, 15) is 14.7 Å². The summed E-state index contributed by atoms with van der Waals surface area (Å²) in [5, 5.41) is 18.2. The maximum absolute atomic E-state index is 13.7. The number of carbonyl (C=O) groups excluding carboxylic acids is 1. The van der Waals surface area contributed by atoms with Crippen LogP contribution >= 0.6 is 0 Å². The number of rotatable bonds is 5. The summed E-state index contributed by atoms with van der Waals surface area (Å²) < 4.78 is 1.40. The molecule has 3 aromatic heterocycles. The molecule has 3 N–H and O–H groups in total. The molecule has 1 aliphatic heterocycles. The lowest BCUT2D eigenvalue weighted by atomic mass is 9.89. The molecule has 9 nitrogen and oxygen atoms in total. The molecular weight excluding hydrogens is 456 g/mol. The van der Waals surface area contributed by atoms with Crippen LogP contribution in [0.25, 0.3) is 16.6 Å². The topological polar surface area (TPSA) is 116 Å². The lowest BCUT2D eigenvalue weighted by molar-refractivity contribution is 0.0695. The minimum atomic E-state index is -1.13. The normalized spacial score (nSPS) is 14.4. The van der Waals surface area contributed by atoms with Crippen LogP contribution in [-0.2, 0) is 0 Å². The zero-order chi connectivity index (χ0) is 24.6. The summed E-state index contributed by atoms with van der Waals surface area (Å²) >= 11 is 0. The molecule has 0 saturated carbocycles. The molecule has 0 unspecified atom stereocenters. The Morgan fingerprint density at radius 1 is 1.00 bits per heavy atom. The van der Waals surface area contributed by atoms with E-state index in [1.54, 1.807) is 0 Å². The molecule has 180 valence electrons. The standard InChI is InChI=1S/C27H24N6O3/c34-26(32-12-9-18(10-13-32)17-4-2-1-3-5-17)21-15-29-24-22(27(35)36)16-30-33(24)25(21)31-20-7-6-19-8-11-28-23(19)14-20/h1-8,11,14-16,18,28,31H,9-10,12-13H2,(H,35,36). The summed E-state index contributed by atoms with van der Waals surface area (Å²) in [4.78, 5) is 34.7. The van der Waals surface area contributed by atoms with Crippen molar-refractivity contribution in [3.05, 3.63) is 89.9 Å². The second-order valence-corrected chi connectivity index (χ2v) is 9.00. The van der Waals surface area contributed by atoms with Gasteiger partial charge in [-0.3, -0.25) is 4.79 Å². The molecule has 6 rings (SSSR count). The zero-order valence-corrected chi connectivity index (χ0v) is 19.4. The third-order valence-corrected chi connectivity index (χ3v) is 6.86. The molecule has 5 aromatic rings. The number of nitrogens with one attached hydrogen (secondary N) is 2. The van der Waals surface area contributed by atoms with Gasteiger partial charge in [0.2, 0.25) is 0 Å². The van der Waals surface area contributed by atoms with Crippen LogP contribution in [0.4, 0.5) is 11.5 Å². The highest BCUT2D eigenvalue weighted by molar-refractivity contribution is 6.01. The molecule has 0 spiro atoms. The number of amides is 1. The predicted octanol–water partition coefficient (Wildman–Crippen LogP) is 4.67. The Morgan fingerprint density at radius 3 is 2.58 bits per heavy atom. The maximum Gasteiger partial charge on any atom is 0.341 e. The summed E-state index contributed by atoms with van der Waals surface area (Å²) in [6.45, 7) is 1.26. The van der Waals surface area contributed by atoms with E-state index < -0.39 is 5.97 Å². The number of carboxylic acid groups (broad SMARTS) is 1. The predicted molar refractivity (Wildman–Crippen MR) is 136 cm³/mol. The Bertz CT molecular complexity index is 1580. The largest absolute Gasteiger partial charge is 0.477 e. The van der Waals surface area contributed by atoms with Gasteiger partial charge in [-0.25, -0.2) is 9.78 Å². The van der Waals surface area contributed by atoms with Crippen LogP contribution in [-0.4, -0.2) is 54.6 Å². The number of carboxylic acids is 1. The monoisotopic (exact) mass is 480 g/mol. The third-order valence-electron chi connectivity index (χ3n) is 6.86.